The van der Waals surface area contributed by atoms with Gasteiger partial charge in [0.15, 0.2) is 0 Å². The van der Waals surface area contributed by atoms with Crippen molar-refractivity contribution in [1.82, 2.24) is 10.6 Å². The molecular weight excluding hydrogens is 232 g/mol. The standard InChI is InChI=1S/C13H22N2O3/c1-6-10(9(4)5)14-13(18)15-11(12(16)17)7-8(2)3/h1,8-11H,7H2,2-5H3,(H,16,17)(H2,14,15,18)/t10?,11-/m1/s1. The van der Waals surface area contributed by atoms with Gasteiger partial charge in [0.05, 0.1) is 6.04 Å². The number of hydrogen-bond donors (Lipinski definition) is 3. The fourth-order valence-electron chi connectivity index (χ4n) is 1.43. The van der Waals surface area contributed by atoms with Crippen LogP contribution in [0.2, 0.25) is 0 Å². The number of aliphatic carboxylic acids is 1. The van der Waals surface area contributed by atoms with Gasteiger partial charge in [-0.05, 0) is 18.3 Å². The Morgan fingerprint density at radius 2 is 1.78 bits per heavy atom. The largest absolute Gasteiger partial charge is 0.480 e. The van der Waals surface area contributed by atoms with Gasteiger partial charge in [0.2, 0.25) is 0 Å². The first-order valence-corrected chi connectivity index (χ1v) is 6.03. The second-order valence-corrected chi connectivity index (χ2v) is 5.03. The molecule has 0 saturated carbocycles. The van der Waals surface area contributed by atoms with Crippen molar-refractivity contribution in [3.05, 3.63) is 0 Å². The van der Waals surface area contributed by atoms with E-state index in [1.807, 2.05) is 27.7 Å². The summed E-state index contributed by atoms with van der Waals surface area (Å²) in [6, 6.07) is -1.84. The van der Waals surface area contributed by atoms with E-state index in [9.17, 15) is 9.59 Å². The lowest BCUT2D eigenvalue weighted by atomic mass is 10.0. The summed E-state index contributed by atoms with van der Waals surface area (Å²) < 4.78 is 0. The van der Waals surface area contributed by atoms with Crippen molar-refractivity contribution in [2.75, 3.05) is 0 Å². The number of rotatable bonds is 6. The van der Waals surface area contributed by atoms with Crippen LogP contribution in [0.4, 0.5) is 4.79 Å². The summed E-state index contributed by atoms with van der Waals surface area (Å²) >= 11 is 0. The average Bonchev–Trinajstić information content (AvgIpc) is 2.23. The molecule has 3 N–H and O–H groups in total. The van der Waals surface area contributed by atoms with Gasteiger partial charge in [0.1, 0.15) is 6.04 Å². The first kappa shape index (κ1) is 16.3. The van der Waals surface area contributed by atoms with Crippen molar-refractivity contribution in [3.63, 3.8) is 0 Å². The van der Waals surface area contributed by atoms with Crippen LogP contribution in [-0.2, 0) is 4.79 Å². The maximum atomic E-state index is 11.6. The molecule has 0 aliphatic carbocycles. The molecule has 0 fully saturated rings. The highest BCUT2D eigenvalue weighted by Crippen LogP contribution is 2.05. The van der Waals surface area contributed by atoms with E-state index in [1.54, 1.807) is 0 Å². The number of carboxylic acids is 1. The molecule has 2 amide bonds. The van der Waals surface area contributed by atoms with E-state index in [4.69, 9.17) is 11.5 Å². The molecule has 0 rings (SSSR count). The fraction of sp³-hybridized carbons (Fsp3) is 0.692. The average molecular weight is 254 g/mol. The number of amides is 2. The van der Waals surface area contributed by atoms with Gasteiger partial charge in [-0.2, -0.15) is 0 Å². The quantitative estimate of drug-likeness (QED) is 0.628. The number of terminal acetylenes is 1. The summed E-state index contributed by atoms with van der Waals surface area (Å²) in [7, 11) is 0. The molecule has 0 bridgehead atoms. The second kappa shape index (κ2) is 7.59. The molecule has 0 aliphatic rings. The Bertz CT molecular complexity index is 332. The summed E-state index contributed by atoms with van der Waals surface area (Å²) in [5, 5.41) is 14.0. The van der Waals surface area contributed by atoms with Crippen molar-refractivity contribution in [1.29, 1.82) is 0 Å². The van der Waals surface area contributed by atoms with Gasteiger partial charge in [0, 0.05) is 0 Å². The molecule has 0 aromatic heterocycles. The van der Waals surface area contributed by atoms with Crippen molar-refractivity contribution >= 4 is 12.0 Å². The maximum absolute atomic E-state index is 11.6. The lowest BCUT2D eigenvalue weighted by Gasteiger charge is -2.20. The van der Waals surface area contributed by atoms with Crippen LogP contribution in [0.3, 0.4) is 0 Å². The first-order valence-electron chi connectivity index (χ1n) is 6.03. The second-order valence-electron chi connectivity index (χ2n) is 5.03. The zero-order valence-corrected chi connectivity index (χ0v) is 11.4. The van der Waals surface area contributed by atoms with Crippen LogP contribution in [0.15, 0.2) is 0 Å². The zero-order valence-electron chi connectivity index (χ0n) is 11.4. The van der Waals surface area contributed by atoms with Crippen molar-refractivity contribution < 1.29 is 14.7 Å². The summed E-state index contributed by atoms with van der Waals surface area (Å²) in [6.45, 7) is 7.56. The van der Waals surface area contributed by atoms with E-state index in [2.05, 4.69) is 16.6 Å². The van der Waals surface area contributed by atoms with E-state index in [0.29, 0.717) is 6.42 Å². The lowest BCUT2D eigenvalue weighted by molar-refractivity contribution is -0.139. The Labute approximate surface area is 108 Å². The van der Waals surface area contributed by atoms with Crippen LogP contribution >= 0.6 is 0 Å². The Balaban J connectivity index is 4.43. The predicted octanol–water partition coefficient (Wildman–Crippen LogP) is 1.44. The first-order chi connectivity index (χ1) is 8.27. The van der Waals surface area contributed by atoms with E-state index in [-0.39, 0.29) is 11.8 Å². The smallest absolute Gasteiger partial charge is 0.326 e. The minimum Gasteiger partial charge on any atom is -0.480 e. The molecule has 0 heterocycles. The monoisotopic (exact) mass is 254 g/mol. The highest BCUT2D eigenvalue weighted by atomic mass is 16.4. The Morgan fingerprint density at radius 1 is 1.22 bits per heavy atom. The summed E-state index contributed by atoms with van der Waals surface area (Å²) in [6.07, 6.45) is 5.66. The summed E-state index contributed by atoms with van der Waals surface area (Å²) in [5.74, 6) is 1.69. The number of urea groups is 1. The topological polar surface area (TPSA) is 78.4 Å². The van der Waals surface area contributed by atoms with Crippen molar-refractivity contribution in [3.8, 4) is 12.3 Å². The highest BCUT2D eigenvalue weighted by Gasteiger charge is 2.22. The molecule has 102 valence electrons. The molecule has 2 atom stereocenters. The van der Waals surface area contributed by atoms with Crippen LogP contribution < -0.4 is 10.6 Å². The third kappa shape index (κ3) is 6.14. The fourth-order valence-corrected chi connectivity index (χ4v) is 1.43. The zero-order chi connectivity index (χ0) is 14.3. The number of nitrogens with one attached hydrogen (secondary N) is 2. The minimum atomic E-state index is -1.04. The van der Waals surface area contributed by atoms with Crippen LogP contribution in [0, 0.1) is 24.2 Å². The number of carbonyl (C=O) groups is 2. The molecule has 18 heavy (non-hydrogen) atoms. The summed E-state index contributed by atoms with van der Waals surface area (Å²) in [4.78, 5) is 22.6. The third-order valence-electron chi connectivity index (χ3n) is 2.44. The van der Waals surface area contributed by atoms with Gasteiger partial charge in [0.25, 0.3) is 0 Å². The van der Waals surface area contributed by atoms with Gasteiger partial charge in [-0.1, -0.05) is 33.6 Å². The van der Waals surface area contributed by atoms with Crippen LogP contribution in [0.25, 0.3) is 0 Å². The van der Waals surface area contributed by atoms with Crippen LogP contribution in [0.5, 0.6) is 0 Å². The number of carbonyl (C=O) groups excluding carboxylic acids is 1. The van der Waals surface area contributed by atoms with Crippen LogP contribution in [0.1, 0.15) is 34.1 Å². The van der Waals surface area contributed by atoms with Crippen molar-refractivity contribution in [2.45, 2.75) is 46.2 Å². The number of carboxylic acid groups (broad SMARTS) is 1. The van der Waals surface area contributed by atoms with E-state index in [0.717, 1.165) is 0 Å². The van der Waals surface area contributed by atoms with Gasteiger partial charge in [-0.25, -0.2) is 9.59 Å². The van der Waals surface area contributed by atoms with Gasteiger partial charge >= 0.3 is 12.0 Å². The summed E-state index contributed by atoms with van der Waals surface area (Å²) in [5.41, 5.74) is 0. The lowest BCUT2D eigenvalue weighted by Crippen LogP contribution is -2.50. The molecule has 1 unspecified atom stereocenters. The minimum absolute atomic E-state index is 0.0918. The van der Waals surface area contributed by atoms with Crippen LogP contribution in [-0.4, -0.2) is 29.2 Å². The Hall–Kier alpha value is -1.70. The molecule has 0 saturated heterocycles. The molecule has 0 aliphatic heterocycles. The Morgan fingerprint density at radius 3 is 2.11 bits per heavy atom. The molecular formula is C13H22N2O3. The van der Waals surface area contributed by atoms with E-state index in [1.165, 1.54) is 0 Å². The molecule has 5 heteroatoms. The van der Waals surface area contributed by atoms with Crippen molar-refractivity contribution in [2.24, 2.45) is 11.8 Å². The molecule has 0 spiro atoms. The Kier molecular flexibility index (Phi) is 6.88. The highest BCUT2D eigenvalue weighted by molar-refractivity contribution is 5.82. The normalized spacial score (nSPS) is 13.8. The van der Waals surface area contributed by atoms with E-state index < -0.39 is 24.1 Å². The van der Waals surface area contributed by atoms with Gasteiger partial charge in [-0.3, -0.25) is 0 Å². The SMILES string of the molecule is C#CC(NC(=O)N[C@H](CC(C)C)C(=O)O)C(C)C. The molecule has 5 nitrogen and oxygen atoms in total. The molecule has 0 aromatic carbocycles. The third-order valence-corrected chi connectivity index (χ3v) is 2.44. The van der Waals surface area contributed by atoms with Gasteiger partial charge in [-0.15, -0.1) is 6.42 Å². The van der Waals surface area contributed by atoms with E-state index >= 15 is 0 Å². The molecule has 0 radical (unpaired) electrons. The molecule has 0 aromatic rings. The maximum Gasteiger partial charge on any atom is 0.326 e. The predicted molar refractivity (Wildman–Crippen MR) is 70.0 cm³/mol. The number of hydrogen-bond acceptors (Lipinski definition) is 2. The van der Waals surface area contributed by atoms with Gasteiger partial charge < -0.3 is 15.7 Å².